The van der Waals surface area contributed by atoms with E-state index in [0.717, 1.165) is 17.0 Å². The highest BCUT2D eigenvalue weighted by Gasteiger charge is 2.07. The fourth-order valence-corrected chi connectivity index (χ4v) is 1.83. The van der Waals surface area contributed by atoms with Gasteiger partial charge in [-0.05, 0) is 29.8 Å². The van der Waals surface area contributed by atoms with E-state index in [2.05, 4.69) is 5.32 Å². The standard InChI is InChI=1S/C15H16N2O3/c1-20-12-4-2-3-11(8-12)17-9-10-5-6-13(15(16)19)14(18)7-10/h2-8,17-18H,9H2,1H3,(H2,16,19). The molecule has 1 amide bonds. The number of ether oxygens (including phenoxy) is 1. The molecule has 0 radical (unpaired) electrons. The molecule has 0 unspecified atom stereocenters. The largest absolute Gasteiger partial charge is 0.507 e. The third-order valence-corrected chi connectivity index (χ3v) is 2.89. The Morgan fingerprint density at radius 2 is 2.10 bits per heavy atom. The first-order valence-electron chi connectivity index (χ1n) is 6.10. The number of aromatic hydroxyl groups is 1. The summed E-state index contributed by atoms with van der Waals surface area (Å²) < 4.78 is 5.14. The molecule has 20 heavy (non-hydrogen) atoms. The lowest BCUT2D eigenvalue weighted by Crippen LogP contribution is -2.11. The van der Waals surface area contributed by atoms with Crippen molar-refractivity contribution >= 4 is 11.6 Å². The summed E-state index contributed by atoms with van der Waals surface area (Å²) in [4.78, 5) is 11.0. The second-order valence-corrected chi connectivity index (χ2v) is 4.30. The second-order valence-electron chi connectivity index (χ2n) is 4.30. The molecule has 4 N–H and O–H groups in total. The average Bonchev–Trinajstić information content (AvgIpc) is 2.45. The molecule has 0 aliphatic heterocycles. The zero-order chi connectivity index (χ0) is 14.5. The monoisotopic (exact) mass is 272 g/mol. The van der Waals surface area contributed by atoms with Crippen LogP contribution in [-0.4, -0.2) is 18.1 Å². The molecule has 2 aromatic carbocycles. The molecule has 2 rings (SSSR count). The van der Waals surface area contributed by atoms with E-state index < -0.39 is 5.91 Å². The lowest BCUT2D eigenvalue weighted by molar-refractivity contribution is 0.0998. The third kappa shape index (κ3) is 3.20. The molecule has 0 spiro atoms. The topological polar surface area (TPSA) is 84.6 Å². The molecular weight excluding hydrogens is 256 g/mol. The van der Waals surface area contributed by atoms with Crippen LogP contribution in [0.2, 0.25) is 0 Å². The van der Waals surface area contributed by atoms with Gasteiger partial charge in [0.15, 0.2) is 0 Å². The molecule has 0 saturated heterocycles. The van der Waals surface area contributed by atoms with Gasteiger partial charge in [-0.15, -0.1) is 0 Å². The first-order valence-corrected chi connectivity index (χ1v) is 6.10. The van der Waals surface area contributed by atoms with Crippen LogP contribution in [0.3, 0.4) is 0 Å². The molecule has 5 nitrogen and oxygen atoms in total. The Morgan fingerprint density at radius 3 is 2.75 bits per heavy atom. The molecule has 0 heterocycles. The Kier molecular flexibility index (Phi) is 4.10. The number of hydrogen-bond acceptors (Lipinski definition) is 4. The molecular formula is C15H16N2O3. The summed E-state index contributed by atoms with van der Waals surface area (Å²) in [6.07, 6.45) is 0. The van der Waals surface area contributed by atoms with Crippen LogP contribution in [0, 0.1) is 0 Å². The highest BCUT2D eigenvalue weighted by Crippen LogP contribution is 2.20. The van der Waals surface area contributed by atoms with Crippen molar-refractivity contribution in [2.75, 3.05) is 12.4 Å². The maximum absolute atomic E-state index is 11.0. The van der Waals surface area contributed by atoms with Crippen molar-refractivity contribution in [1.82, 2.24) is 0 Å². The molecule has 0 bridgehead atoms. The fourth-order valence-electron chi connectivity index (χ4n) is 1.83. The highest BCUT2D eigenvalue weighted by atomic mass is 16.5. The first-order chi connectivity index (χ1) is 9.60. The van der Waals surface area contributed by atoms with E-state index in [0.29, 0.717) is 6.54 Å². The van der Waals surface area contributed by atoms with Gasteiger partial charge < -0.3 is 20.9 Å². The molecule has 0 aliphatic rings. The van der Waals surface area contributed by atoms with E-state index in [1.807, 2.05) is 24.3 Å². The van der Waals surface area contributed by atoms with Gasteiger partial charge in [0.1, 0.15) is 11.5 Å². The van der Waals surface area contributed by atoms with Gasteiger partial charge in [0.25, 0.3) is 5.91 Å². The highest BCUT2D eigenvalue weighted by molar-refractivity contribution is 5.95. The summed E-state index contributed by atoms with van der Waals surface area (Å²) in [6.45, 7) is 0.514. The van der Waals surface area contributed by atoms with Crippen LogP contribution in [0.25, 0.3) is 0 Å². The van der Waals surface area contributed by atoms with E-state index >= 15 is 0 Å². The van der Waals surface area contributed by atoms with Crippen LogP contribution >= 0.6 is 0 Å². The zero-order valence-corrected chi connectivity index (χ0v) is 11.1. The SMILES string of the molecule is COc1cccc(NCc2ccc(C(N)=O)c(O)c2)c1. The number of rotatable bonds is 5. The average molecular weight is 272 g/mol. The van der Waals surface area contributed by atoms with Crippen LogP contribution in [0.15, 0.2) is 42.5 Å². The minimum Gasteiger partial charge on any atom is -0.507 e. The normalized spacial score (nSPS) is 10.1. The predicted octanol–water partition coefficient (Wildman–Crippen LogP) is 2.11. The molecule has 2 aromatic rings. The van der Waals surface area contributed by atoms with Gasteiger partial charge in [-0.25, -0.2) is 0 Å². The zero-order valence-electron chi connectivity index (χ0n) is 11.1. The predicted molar refractivity (Wildman–Crippen MR) is 76.9 cm³/mol. The number of nitrogens with two attached hydrogens (primary N) is 1. The number of phenols is 1. The molecule has 5 heteroatoms. The number of methoxy groups -OCH3 is 1. The maximum atomic E-state index is 11.0. The minimum atomic E-state index is -0.644. The summed E-state index contributed by atoms with van der Waals surface area (Å²) in [5, 5.41) is 12.9. The van der Waals surface area contributed by atoms with Gasteiger partial charge in [-0.3, -0.25) is 4.79 Å². The number of carbonyl (C=O) groups is 1. The Bertz CT molecular complexity index is 626. The van der Waals surface area contributed by atoms with Gasteiger partial charge in [0, 0.05) is 18.3 Å². The Labute approximate surface area is 117 Å². The van der Waals surface area contributed by atoms with Crippen molar-refractivity contribution in [1.29, 1.82) is 0 Å². The number of carbonyl (C=O) groups excluding carboxylic acids is 1. The number of hydrogen-bond donors (Lipinski definition) is 3. The van der Waals surface area contributed by atoms with Crippen molar-refractivity contribution in [3.8, 4) is 11.5 Å². The van der Waals surface area contributed by atoms with Gasteiger partial charge in [-0.2, -0.15) is 0 Å². The smallest absolute Gasteiger partial charge is 0.252 e. The number of benzene rings is 2. The molecule has 0 saturated carbocycles. The van der Waals surface area contributed by atoms with E-state index in [4.69, 9.17) is 10.5 Å². The molecule has 0 aromatic heterocycles. The lowest BCUT2D eigenvalue weighted by Gasteiger charge is -2.09. The Hall–Kier alpha value is -2.69. The maximum Gasteiger partial charge on any atom is 0.252 e. The molecule has 0 atom stereocenters. The third-order valence-electron chi connectivity index (χ3n) is 2.89. The van der Waals surface area contributed by atoms with Crippen LogP contribution in [0.1, 0.15) is 15.9 Å². The number of nitrogens with one attached hydrogen (secondary N) is 1. The summed E-state index contributed by atoms with van der Waals surface area (Å²) in [5.41, 5.74) is 7.00. The quantitative estimate of drug-likeness (QED) is 0.778. The van der Waals surface area contributed by atoms with Crippen molar-refractivity contribution in [2.24, 2.45) is 5.73 Å². The van der Waals surface area contributed by atoms with Crippen molar-refractivity contribution < 1.29 is 14.6 Å². The van der Waals surface area contributed by atoms with Crippen LogP contribution < -0.4 is 15.8 Å². The van der Waals surface area contributed by atoms with Gasteiger partial charge in [0.05, 0.1) is 12.7 Å². The fraction of sp³-hybridized carbons (Fsp3) is 0.133. The summed E-state index contributed by atoms with van der Waals surface area (Å²) in [7, 11) is 1.61. The van der Waals surface area contributed by atoms with E-state index in [-0.39, 0.29) is 11.3 Å². The van der Waals surface area contributed by atoms with Crippen LogP contribution in [-0.2, 0) is 6.54 Å². The number of amides is 1. The van der Waals surface area contributed by atoms with Gasteiger partial charge >= 0.3 is 0 Å². The molecule has 104 valence electrons. The van der Waals surface area contributed by atoms with E-state index in [9.17, 15) is 9.90 Å². The summed E-state index contributed by atoms with van der Waals surface area (Å²) in [6, 6.07) is 12.3. The molecule has 0 fully saturated rings. The Morgan fingerprint density at radius 1 is 1.30 bits per heavy atom. The lowest BCUT2D eigenvalue weighted by atomic mass is 10.1. The van der Waals surface area contributed by atoms with Gasteiger partial charge in [0.2, 0.25) is 0 Å². The van der Waals surface area contributed by atoms with Crippen LogP contribution in [0.5, 0.6) is 11.5 Å². The van der Waals surface area contributed by atoms with Crippen molar-refractivity contribution in [3.05, 3.63) is 53.6 Å². The van der Waals surface area contributed by atoms with Crippen molar-refractivity contribution in [2.45, 2.75) is 6.54 Å². The van der Waals surface area contributed by atoms with E-state index in [1.54, 1.807) is 13.2 Å². The second kappa shape index (κ2) is 5.97. The Balaban J connectivity index is 2.07. The summed E-state index contributed by atoms with van der Waals surface area (Å²) >= 11 is 0. The minimum absolute atomic E-state index is 0.109. The van der Waals surface area contributed by atoms with Gasteiger partial charge in [-0.1, -0.05) is 12.1 Å². The summed E-state index contributed by atoms with van der Waals surface area (Å²) in [5.74, 6) is 0.0131. The number of anilines is 1. The first kappa shape index (κ1) is 13.7. The van der Waals surface area contributed by atoms with E-state index in [1.165, 1.54) is 12.1 Å². The number of primary amides is 1. The van der Waals surface area contributed by atoms with Crippen LogP contribution in [0.4, 0.5) is 5.69 Å². The molecule has 0 aliphatic carbocycles. The van der Waals surface area contributed by atoms with Crippen molar-refractivity contribution in [3.63, 3.8) is 0 Å².